The molecule has 6 aromatic carbocycles. The molecular weight excluding hydrogens is 691 g/mol. The molecule has 0 heterocycles. The van der Waals surface area contributed by atoms with Crippen LogP contribution < -0.4 is 14.4 Å². The van der Waals surface area contributed by atoms with E-state index in [0.717, 1.165) is 78.6 Å². The number of carboxylic acids is 1. The van der Waals surface area contributed by atoms with Crippen molar-refractivity contribution in [3.63, 3.8) is 0 Å². The van der Waals surface area contributed by atoms with E-state index in [1.54, 1.807) is 12.1 Å². The van der Waals surface area contributed by atoms with E-state index in [2.05, 4.69) is 144 Å². The number of nitrogens with zero attached hydrogens (tertiary/aromatic N) is 1. The zero-order valence-corrected chi connectivity index (χ0v) is 33.4. The fourth-order valence-electron chi connectivity index (χ4n) is 8.59. The number of ether oxygens (including phenoxy) is 2. The molecule has 2 aliphatic rings. The fourth-order valence-corrected chi connectivity index (χ4v) is 8.59. The summed E-state index contributed by atoms with van der Waals surface area (Å²) in [4.78, 5) is 13.9. The van der Waals surface area contributed by atoms with Crippen LogP contribution in [0.3, 0.4) is 0 Å². The molecule has 0 saturated carbocycles. The number of hydrogen-bond acceptors (Lipinski definition) is 4. The summed E-state index contributed by atoms with van der Waals surface area (Å²) in [5, 5.41) is 9.43. The molecule has 2 aliphatic carbocycles. The van der Waals surface area contributed by atoms with Gasteiger partial charge in [-0.05, 0) is 141 Å². The Bertz CT molecular complexity index is 2300. The Labute approximate surface area is 331 Å². The lowest BCUT2D eigenvalue weighted by Gasteiger charge is -2.30. The normalized spacial score (nSPS) is 14.0. The predicted molar refractivity (Wildman–Crippen MR) is 229 cm³/mol. The number of carbonyl (C=O) groups is 1. The van der Waals surface area contributed by atoms with Crippen molar-refractivity contribution in [1.29, 1.82) is 0 Å². The van der Waals surface area contributed by atoms with Crippen molar-refractivity contribution in [3.8, 4) is 44.9 Å². The molecule has 0 unspecified atom stereocenters. The summed E-state index contributed by atoms with van der Waals surface area (Å²) in [5.41, 5.74) is 15.3. The molecular formula is C51H51NO4. The van der Waals surface area contributed by atoms with Gasteiger partial charge in [0.05, 0.1) is 18.8 Å². The highest BCUT2D eigenvalue weighted by atomic mass is 16.5. The molecule has 0 saturated heterocycles. The molecule has 0 spiro atoms. The summed E-state index contributed by atoms with van der Waals surface area (Å²) in [6.45, 7) is 15.1. The Balaban J connectivity index is 1.21. The molecule has 5 heteroatoms. The molecule has 0 bridgehead atoms. The first-order chi connectivity index (χ1) is 27.0. The maximum Gasteiger partial charge on any atom is 0.335 e. The van der Waals surface area contributed by atoms with Crippen LogP contribution in [0.15, 0.2) is 121 Å². The van der Waals surface area contributed by atoms with E-state index in [0.29, 0.717) is 0 Å². The van der Waals surface area contributed by atoms with Crippen molar-refractivity contribution in [2.75, 3.05) is 18.1 Å². The van der Waals surface area contributed by atoms with Crippen LogP contribution in [0.2, 0.25) is 0 Å². The summed E-state index contributed by atoms with van der Waals surface area (Å²) in [6, 6.07) is 42.6. The highest BCUT2D eigenvalue weighted by Crippen LogP contribution is 2.54. The van der Waals surface area contributed by atoms with E-state index >= 15 is 0 Å². The van der Waals surface area contributed by atoms with Gasteiger partial charge >= 0.3 is 5.97 Å². The van der Waals surface area contributed by atoms with Crippen LogP contribution in [0, 0.1) is 0 Å². The summed E-state index contributed by atoms with van der Waals surface area (Å²) >= 11 is 0. The Morgan fingerprint density at radius 2 is 0.893 bits per heavy atom. The van der Waals surface area contributed by atoms with Gasteiger partial charge in [0, 0.05) is 27.9 Å². The van der Waals surface area contributed by atoms with Crippen LogP contribution >= 0.6 is 0 Å². The van der Waals surface area contributed by atoms with Crippen LogP contribution in [-0.2, 0) is 10.8 Å². The van der Waals surface area contributed by atoms with Crippen LogP contribution in [0.4, 0.5) is 17.1 Å². The van der Waals surface area contributed by atoms with E-state index in [9.17, 15) is 9.90 Å². The SMILES string of the molecule is CCCCOc1ccc2c(c1)C(C)(C)c1cc(N(c3ccc(-c4ccc(C(=O)O)cc4)cc3)c3ccc4c(c3)C(C)(C)c3cc(OCCCC)ccc3-4)ccc1-2. The van der Waals surface area contributed by atoms with Crippen molar-refractivity contribution >= 4 is 23.0 Å². The Morgan fingerprint density at radius 1 is 0.518 bits per heavy atom. The molecule has 0 atom stereocenters. The number of anilines is 3. The van der Waals surface area contributed by atoms with Crippen LogP contribution in [0.1, 0.15) is 99.8 Å². The highest BCUT2D eigenvalue weighted by molar-refractivity contribution is 5.90. The lowest BCUT2D eigenvalue weighted by Crippen LogP contribution is -2.18. The van der Waals surface area contributed by atoms with E-state index in [1.165, 1.54) is 44.5 Å². The Kier molecular flexibility index (Phi) is 9.74. The molecule has 0 aliphatic heterocycles. The molecule has 5 nitrogen and oxygen atoms in total. The van der Waals surface area contributed by atoms with Crippen molar-refractivity contribution in [2.24, 2.45) is 0 Å². The van der Waals surface area contributed by atoms with Crippen LogP contribution in [0.5, 0.6) is 11.5 Å². The summed E-state index contributed by atoms with van der Waals surface area (Å²) in [5.74, 6) is 0.934. The second kappa shape index (κ2) is 14.7. The number of aromatic carboxylic acids is 1. The van der Waals surface area contributed by atoms with Gasteiger partial charge in [-0.25, -0.2) is 4.79 Å². The summed E-state index contributed by atoms with van der Waals surface area (Å²) < 4.78 is 12.3. The minimum absolute atomic E-state index is 0.221. The topological polar surface area (TPSA) is 59.0 Å². The largest absolute Gasteiger partial charge is 0.494 e. The molecule has 6 aromatic rings. The van der Waals surface area contributed by atoms with E-state index in [-0.39, 0.29) is 16.4 Å². The minimum Gasteiger partial charge on any atom is -0.494 e. The number of hydrogen-bond donors (Lipinski definition) is 1. The zero-order chi connectivity index (χ0) is 39.2. The first kappa shape index (κ1) is 37.1. The standard InChI is InChI=1S/C51H51NO4/c1-7-9-27-55-39-21-25-43-41-23-19-37(29-45(41)50(3,4)47(43)31-39)52(36-17-15-34(16-18-36)33-11-13-35(14-12-33)49(53)54)38-20-24-42-44-26-22-40(56-28-10-8-2)32-48(44)51(5,6)46(42)30-38/h11-26,29-32H,7-10,27-28H2,1-6H3,(H,53,54). The highest BCUT2D eigenvalue weighted by Gasteiger charge is 2.38. The minimum atomic E-state index is -0.926. The number of fused-ring (bicyclic) bond motifs is 6. The van der Waals surface area contributed by atoms with E-state index in [1.807, 2.05) is 12.1 Å². The quantitative estimate of drug-likeness (QED) is 0.119. The third-order valence-corrected chi connectivity index (χ3v) is 11.9. The number of carboxylic acid groups (broad SMARTS) is 1. The molecule has 1 N–H and O–H groups in total. The van der Waals surface area contributed by atoms with Crippen molar-refractivity contribution in [3.05, 3.63) is 149 Å². The van der Waals surface area contributed by atoms with Crippen LogP contribution in [0.25, 0.3) is 33.4 Å². The summed E-state index contributed by atoms with van der Waals surface area (Å²) in [6.07, 6.45) is 4.29. The monoisotopic (exact) mass is 741 g/mol. The third kappa shape index (κ3) is 6.53. The number of unbranched alkanes of at least 4 members (excludes halogenated alkanes) is 2. The first-order valence-corrected chi connectivity index (χ1v) is 20.1. The van der Waals surface area contributed by atoms with Gasteiger partial charge in [0.1, 0.15) is 11.5 Å². The van der Waals surface area contributed by atoms with Gasteiger partial charge in [-0.15, -0.1) is 0 Å². The lowest BCUT2D eigenvalue weighted by atomic mass is 9.82. The molecule has 8 rings (SSSR count). The molecule has 284 valence electrons. The Morgan fingerprint density at radius 3 is 1.30 bits per heavy atom. The second-order valence-electron chi connectivity index (χ2n) is 16.3. The second-order valence-corrected chi connectivity index (χ2v) is 16.3. The maximum atomic E-state index is 11.5. The average Bonchev–Trinajstić information content (AvgIpc) is 3.57. The van der Waals surface area contributed by atoms with Gasteiger partial charge in [0.2, 0.25) is 0 Å². The molecule has 0 radical (unpaired) electrons. The van der Waals surface area contributed by atoms with Gasteiger partial charge in [-0.2, -0.15) is 0 Å². The molecule has 0 amide bonds. The molecule has 56 heavy (non-hydrogen) atoms. The predicted octanol–water partition coefficient (Wildman–Crippen LogP) is 13.5. The molecule has 0 aromatic heterocycles. The zero-order valence-electron chi connectivity index (χ0n) is 33.4. The van der Waals surface area contributed by atoms with E-state index < -0.39 is 5.97 Å². The molecule has 0 fully saturated rings. The smallest absolute Gasteiger partial charge is 0.335 e. The Hall–Kier alpha value is -5.81. The van der Waals surface area contributed by atoms with Crippen molar-refractivity contribution in [2.45, 2.75) is 78.1 Å². The number of rotatable bonds is 13. The van der Waals surface area contributed by atoms with Crippen molar-refractivity contribution < 1.29 is 19.4 Å². The van der Waals surface area contributed by atoms with Gasteiger partial charge in [0.25, 0.3) is 0 Å². The van der Waals surface area contributed by atoms with Gasteiger partial charge in [0.15, 0.2) is 0 Å². The van der Waals surface area contributed by atoms with Gasteiger partial charge in [-0.1, -0.05) is 103 Å². The van der Waals surface area contributed by atoms with Gasteiger partial charge < -0.3 is 19.5 Å². The van der Waals surface area contributed by atoms with Gasteiger partial charge in [-0.3, -0.25) is 0 Å². The van der Waals surface area contributed by atoms with E-state index in [4.69, 9.17) is 9.47 Å². The third-order valence-electron chi connectivity index (χ3n) is 11.9. The van der Waals surface area contributed by atoms with Crippen molar-refractivity contribution in [1.82, 2.24) is 0 Å². The lowest BCUT2D eigenvalue weighted by molar-refractivity contribution is 0.0697. The van der Waals surface area contributed by atoms with Crippen LogP contribution in [-0.4, -0.2) is 24.3 Å². The maximum absolute atomic E-state index is 11.5. The summed E-state index contributed by atoms with van der Waals surface area (Å²) in [7, 11) is 0. The first-order valence-electron chi connectivity index (χ1n) is 20.1. The number of benzene rings is 6. The fraction of sp³-hybridized carbons (Fsp3) is 0.275. The average molecular weight is 742 g/mol.